The van der Waals surface area contributed by atoms with E-state index in [-0.39, 0.29) is 58.4 Å². The van der Waals surface area contributed by atoms with Crippen molar-refractivity contribution in [2.75, 3.05) is 67.7 Å². The molecule has 22 nitrogen and oxygen atoms in total. The zero-order chi connectivity index (χ0) is 72.5. The molecular formula is C80H72N8O14. The highest BCUT2D eigenvalue weighted by Crippen LogP contribution is 2.42. The van der Waals surface area contributed by atoms with Gasteiger partial charge in [-0.05, 0) is 113 Å². The Morgan fingerprint density at radius 1 is 0.480 bits per heavy atom. The first-order valence-corrected chi connectivity index (χ1v) is 33.1. The summed E-state index contributed by atoms with van der Waals surface area (Å²) in [6.45, 7) is 14.3. The van der Waals surface area contributed by atoms with Crippen LogP contribution in [0.4, 0.5) is 0 Å². The molecule has 6 aromatic heterocycles. The molecule has 1 fully saturated rings. The van der Waals surface area contributed by atoms with Crippen LogP contribution in [0.15, 0.2) is 135 Å². The minimum absolute atomic E-state index is 0.0208. The average Bonchev–Trinajstić information content (AvgIpc) is 1.35. The molecule has 12 aromatic rings. The number of furan rings is 3. The fourth-order valence-electron chi connectivity index (χ4n) is 12.4. The number of likely N-dealkylation sites (N-methyl/N-ethyl adjacent to an activating group) is 1. The van der Waals surface area contributed by atoms with E-state index in [9.17, 15) is 39.8 Å². The van der Waals surface area contributed by atoms with Gasteiger partial charge in [0.15, 0.2) is 57.7 Å². The highest BCUT2D eigenvalue weighted by Gasteiger charge is 2.25. The number of ether oxygens (including phenoxy) is 6. The summed E-state index contributed by atoms with van der Waals surface area (Å²) in [5.74, 6) is 5.48. The Morgan fingerprint density at radius 3 is 1.23 bits per heavy atom. The number of nitrogens with zero attached hydrogens (tertiary/aromatic N) is 8. The fourth-order valence-corrected chi connectivity index (χ4v) is 12.4. The molecule has 0 saturated carbocycles. The number of aryl methyl sites for hydroxylation is 3. The lowest BCUT2D eigenvalue weighted by atomic mass is 10.0. The lowest BCUT2D eigenvalue weighted by Gasteiger charge is -2.25. The number of benzene rings is 6. The summed E-state index contributed by atoms with van der Waals surface area (Å²) < 4.78 is 52.1. The van der Waals surface area contributed by atoms with E-state index < -0.39 is 0 Å². The fraction of sp³-hybridized carbons (Fsp3) is 0.263. The third-order valence-corrected chi connectivity index (χ3v) is 17.2. The van der Waals surface area contributed by atoms with Crippen LogP contribution in [0.2, 0.25) is 0 Å². The standard InChI is InChI=1S/C29H27N3O5.C27H25N3O4.C24H20N2O5/c1-3-26(34)28-18(2)36-27-14-22(5-6-23(27)28)37-29-20(15-30)16-31-25-7-4-19(13-24(25)29)12-21(33)17-32-8-10-35-11-9-32;1-5-24(32)26-16(2)33-25-12-20(7-8-21(25)26)34-27-18(13-28)14-29-23-9-6-17(11-22(23)27)10-19(31)15-30(3)4;1-5-19(27)23-13(2)30-20-8-15(6-7-16(20)23)31-24-14(11-25)12-26-18-10-22(29-4)21(28-3)9-17(18)24/h4-7,13-14,16H,3,8-12,17H2,1-2H3;6-9,11-12,14H,5,10,15H2,1-4H3;6-10,12H,5H2,1-4H3. The van der Waals surface area contributed by atoms with Crippen molar-refractivity contribution in [3.8, 4) is 64.2 Å². The SMILES string of the molecule is CCC(=O)c1c(C)oc2cc(Oc3c(C#N)cnc4cc(OC)c(OC)cc34)ccc12.CCC(=O)c1c(C)oc2cc(Oc3c(C#N)cnc4ccc(CC(=O)CN(C)C)cc34)ccc12.CCC(=O)c1c(C)oc2cc(Oc3c(C#N)cnc4ccc(CC(=O)CN5CCOCC5)cc34)ccc12. The van der Waals surface area contributed by atoms with Gasteiger partial charge in [0.05, 0.1) is 73.8 Å². The van der Waals surface area contributed by atoms with Gasteiger partial charge in [-0.1, -0.05) is 32.9 Å². The van der Waals surface area contributed by atoms with Crippen molar-refractivity contribution in [3.63, 3.8) is 0 Å². The zero-order valence-corrected chi connectivity index (χ0v) is 58.1. The molecule has 0 N–H and O–H groups in total. The number of carbonyl (C=O) groups is 5. The highest BCUT2D eigenvalue weighted by molar-refractivity contribution is 6.10. The summed E-state index contributed by atoms with van der Waals surface area (Å²) in [6.07, 6.45) is 6.13. The number of pyridine rings is 3. The van der Waals surface area contributed by atoms with Crippen molar-refractivity contribution < 1.29 is 65.6 Å². The minimum Gasteiger partial charge on any atom is -0.493 e. The van der Waals surface area contributed by atoms with Gasteiger partial charge in [0.2, 0.25) is 0 Å². The summed E-state index contributed by atoms with van der Waals surface area (Å²) in [7, 11) is 6.79. The van der Waals surface area contributed by atoms with Crippen LogP contribution in [0, 0.1) is 54.8 Å². The molecule has 1 aliphatic heterocycles. The molecule has 0 unspecified atom stereocenters. The van der Waals surface area contributed by atoms with E-state index in [0.717, 1.165) is 40.4 Å². The number of methoxy groups -OCH3 is 2. The van der Waals surface area contributed by atoms with E-state index in [1.165, 1.54) is 25.7 Å². The van der Waals surface area contributed by atoms with E-state index in [1.54, 1.807) is 94.6 Å². The van der Waals surface area contributed by atoms with Gasteiger partial charge in [0.1, 0.15) is 86.2 Å². The number of carbonyl (C=O) groups excluding carboxylic acids is 5. The Labute approximate surface area is 587 Å². The predicted octanol–water partition coefficient (Wildman–Crippen LogP) is 15.8. The number of nitriles is 3. The van der Waals surface area contributed by atoms with Crippen LogP contribution in [0.3, 0.4) is 0 Å². The van der Waals surface area contributed by atoms with Crippen molar-refractivity contribution in [2.24, 2.45) is 0 Å². The molecule has 22 heteroatoms. The van der Waals surface area contributed by atoms with Crippen LogP contribution in [0.5, 0.6) is 46.0 Å². The van der Waals surface area contributed by atoms with Crippen molar-refractivity contribution in [3.05, 3.63) is 184 Å². The van der Waals surface area contributed by atoms with Crippen LogP contribution in [0.1, 0.15) is 116 Å². The van der Waals surface area contributed by atoms with Gasteiger partial charge < -0.3 is 46.6 Å². The Bertz CT molecular complexity index is 5430. The van der Waals surface area contributed by atoms with Crippen molar-refractivity contribution in [1.82, 2.24) is 24.8 Å². The zero-order valence-electron chi connectivity index (χ0n) is 58.1. The van der Waals surface area contributed by atoms with E-state index in [1.807, 2.05) is 76.2 Å². The third-order valence-electron chi connectivity index (χ3n) is 17.2. The number of ketones is 5. The van der Waals surface area contributed by atoms with E-state index >= 15 is 0 Å². The summed E-state index contributed by atoms with van der Waals surface area (Å²) in [5, 5.41) is 33.1. The lowest BCUT2D eigenvalue weighted by Crippen LogP contribution is -2.39. The maximum absolute atomic E-state index is 12.7. The van der Waals surface area contributed by atoms with Crippen molar-refractivity contribution >= 4 is 94.5 Å². The first kappa shape index (κ1) is 71.2. The molecule has 7 heterocycles. The first-order valence-electron chi connectivity index (χ1n) is 33.1. The molecule has 1 aliphatic rings. The maximum Gasteiger partial charge on any atom is 0.166 e. The molecule has 0 amide bonds. The van der Waals surface area contributed by atoms with Crippen LogP contribution in [-0.2, 0) is 27.2 Å². The van der Waals surface area contributed by atoms with Gasteiger partial charge in [-0.3, -0.25) is 43.8 Å². The van der Waals surface area contributed by atoms with Crippen LogP contribution in [0.25, 0.3) is 65.6 Å². The second kappa shape index (κ2) is 31.4. The third kappa shape index (κ3) is 15.3. The van der Waals surface area contributed by atoms with Gasteiger partial charge in [-0.2, -0.15) is 15.8 Å². The number of Topliss-reactive ketones (excluding diaryl/α,β-unsaturated/α-hetero) is 5. The molecule has 516 valence electrons. The molecule has 0 spiro atoms. The van der Waals surface area contributed by atoms with Gasteiger partial charge in [-0.15, -0.1) is 0 Å². The maximum atomic E-state index is 12.7. The number of fused-ring (bicyclic) bond motifs is 6. The molecule has 0 bridgehead atoms. The normalized spacial score (nSPS) is 12.1. The molecule has 6 aromatic carbocycles. The lowest BCUT2D eigenvalue weighted by molar-refractivity contribution is -0.120. The summed E-state index contributed by atoms with van der Waals surface area (Å²) in [4.78, 5) is 79.0. The summed E-state index contributed by atoms with van der Waals surface area (Å²) in [5.41, 5.74) is 7.78. The molecule has 0 atom stereocenters. The second-order valence-corrected chi connectivity index (χ2v) is 24.5. The number of aromatic nitrogens is 3. The van der Waals surface area contributed by atoms with Gasteiger partial charge in [0.25, 0.3) is 0 Å². The molecule has 13 rings (SSSR count). The number of rotatable bonds is 22. The van der Waals surface area contributed by atoms with Crippen LogP contribution in [-0.4, -0.2) is 121 Å². The Kier molecular flexibility index (Phi) is 21.9. The van der Waals surface area contributed by atoms with Crippen molar-refractivity contribution in [2.45, 2.75) is 73.6 Å². The Balaban J connectivity index is 0.000000154. The molecule has 1 saturated heterocycles. The first-order chi connectivity index (χ1) is 49.3. The topological polar surface area (TPSA) is 297 Å². The predicted molar refractivity (Wildman–Crippen MR) is 383 cm³/mol. The van der Waals surface area contributed by atoms with Gasteiger partial charge >= 0.3 is 0 Å². The Hall–Kier alpha value is -12.1. The van der Waals surface area contributed by atoms with Gasteiger partial charge in [0, 0.05) is 120 Å². The Morgan fingerprint density at radius 2 is 0.853 bits per heavy atom. The highest BCUT2D eigenvalue weighted by atomic mass is 16.5. The monoisotopic (exact) mass is 1370 g/mol. The molecule has 0 aliphatic carbocycles. The van der Waals surface area contributed by atoms with E-state index in [4.69, 9.17) is 41.7 Å². The summed E-state index contributed by atoms with van der Waals surface area (Å²) in [6, 6.07) is 36.8. The second-order valence-electron chi connectivity index (χ2n) is 24.5. The van der Waals surface area contributed by atoms with Gasteiger partial charge in [-0.25, -0.2) is 0 Å². The van der Waals surface area contributed by atoms with E-state index in [2.05, 4.69) is 38.1 Å². The molecular weight excluding hydrogens is 1300 g/mol. The number of hydrogen-bond acceptors (Lipinski definition) is 22. The largest absolute Gasteiger partial charge is 0.493 e. The molecule has 102 heavy (non-hydrogen) atoms. The van der Waals surface area contributed by atoms with Crippen LogP contribution < -0.4 is 23.7 Å². The quantitative estimate of drug-likeness (QED) is 0.0569. The van der Waals surface area contributed by atoms with Crippen LogP contribution >= 0.6 is 0 Å². The van der Waals surface area contributed by atoms with E-state index in [0.29, 0.717) is 175 Å². The molecule has 0 radical (unpaired) electrons. The number of hydrogen-bond donors (Lipinski definition) is 0. The minimum atomic E-state index is 0.0208. The van der Waals surface area contributed by atoms with Crippen molar-refractivity contribution in [1.29, 1.82) is 15.8 Å². The average molecular weight is 1370 g/mol. The summed E-state index contributed by atoms with van der Waals surface area (Å²) >= 11 is 0. The smallest absolute Gasteiger partial charge is 0.166 e. The number of morpholine rings is 1.